The van der Waals surface area contributed by atoms with Gasteiger partial charge in [0.15, 0.2) is 5.84 Å². The molecule has 1 unspecified atom stereocenters. The second-order valence-electron chi connectivity index (χ2n) is 12.2. The van der Waals surface area contributed by atoms with E-state index in [4.69, 9.17) is 13.8 Å². The van der Waals surface area contributed by atoms with E-state index in [1.54, 1.807) is 0 Å². The molecule has 0 N–H and O–H groups in total. The number of para-hydroxylation sites is 2. The van der Waals surface area contributed by atoms with Gasteiger partial charge in [0.1, 0.15) is 20.9 Å². The molecule has 0 fully saturated rings. The van der Waals surface area contributed by atoms with Crippen LogP contribution in [0.25, 0.3) is 65.4 Å². The maximum absolute atomic E-state index is 15.4. The van der Waals surface area contributed by atoms with Gasteiger partial charge in [0.05, 0.1) is 15.5 Å². The third kappa shape index (κ3) is 3.95. The third-order valence-corrected chi connectivity index (χ3v) is 11.7. The van der Waals surface area contributed by atoms with Gasteiger partial charge in [-0.25, -0.2) is 9.20 Å². The topological polar surface area (TPSA) is 54.9 Å². The molecule has 9 aromatic rings. The molecule has 0 spiro atoms. The summed E-state index contributed by atoms with van der Waals surface area (Å²) in [5.74, 6) is 0.435. The fourth-order valence-electron chi connectivity index (χ4n) is 7.27. The molecule has 226 valence electrons. The molecule has 10 rings (SSSR count). The summed E-state index contributed by atoms with van der Waals surface area (Å²) in [6.07, 6.45) is 0. The van der Waals surface area contributed by atoms with Crippen LogP contribution in [-0.2, 0) is 9.73 Å². The maximum Gasteiger partial charge on any atom is 0.170 e. The Morgan fingerprint density at radius 2 is 1.08 bits per heavy atom. The lowest BCUT2D eigenvalue weighted by atomic mass is 9.92. The van der Waals surface area contributed by atoms with Gasteiger partial charge in [-0.1, -0.05) is 115 Å². The number of rotatable bonds is 3. The van der Waals surface area contributed by atoms with E-state index in [1.807, 2.05) is 84.9 Å². The molecule has 1 aliphatic heterocycles. The highest BCUT2D eigenvalue weighted by Gasteiger charge is 2.27. The van der Waals surface area contributed by atoms with Gasteiger partial charge < -0.3 is 4.42 Å². The summed E-state index contributed by atoms with van der Waals surface area (Å²) in [4.78, 5) is 6.23. The van der Waals surface area contributed by atoms with Crippen molar-refractivity contribution in [2.24, 2.45) is 9.36 Å². The Morgan fingerprint density at radius 1 is 0.479 bits per heavy atom. The van der Waals surface area contributed by atoms with Crippen LogP contribution >= 0.6 is 0 Å². The lowest BCUT2D eigenvalue weighted by molar-refractivity contribution is 0.669. The van der Waals surface area contributed by atoms with E-state index in [9.17, 15) is 0 Å². The summed E-state index contributed by atoms with van der Waals surface area (Å²) in [5, 5.41) is 9.24. The summed E-state index contributed by atoms with van der Waals surface area (Å²) in [6, 6.07) is 53.3. The number of furan rings is 1. The van der Waals surface area contributed by atoms with E-state index in [0.717, 1.165) is 38.6 Å². The molecule has 1 aliphatic rings. The first-order valence-electron chi connectivity index (χ1n) is 15.9. The molecule has 1 aromatic heterocycles. The number of hydrogen-bond acceptors (Lipinski definition) is 4. The zero-order valence-electron chi connectivity index (χ0n) is 25.6. The van der Waals surface area contributed by atoms with Gasteiger partial charge in [0.2, 0.25) is 0 Å². The van der Waals surface area contributed by atoms with Crippen molar-refractivity contribution in [3.8, 4) is 11.1 Å². The Balaban J connectivity index is 1.18. The molecular weight excluding hydrogens is 609 g/mol. The Labute approximate surface area is 276 Å². The van der Waals surface area contributed by atoms with E-state index in [1.165, 1.54) is 32.3 Å². The number of benzene rings is 8. The summed E-state index contributed by atoms with van der Waals surface area (Å²) < 4.78 is 26.6. The largest absolute Gasteiger partial charge is 0.456 e. The monoisotopic (exact) mass is 634 g/mol. The van der Waals surface area contributed by atoms with Crippen molar-refractivity contribution >= 4 is 75.5 Å². The van der Waals surface area contributed by atoms with Crippen LogP contribution in [0.1, 0.15) is 5.56 Å². The van der Waals surface area contributed by atoms with Gasteiger partial charge in [0, 0.05) is 16.3 Å². The fourth-order valence-corrected chi connectivity index (χ4v) is 9.32. The van der Waals surface area contributed by atoms with Crippen molar-refractivity contribution in [3.63, 3.8) is 0 Å². The van der Waals surface area contributed by atoms with Gasteiger partial charge in [-0.15, -0.1) is 0 Å². The van der Waals surface area contributed by atoms with Crippen LogP contribution in [0, 0.1) is 0 Å². The van der Waals surface area contributed by atoms with E-state index < -0.39 is 9.73 Å². The molecule has 5 heteroatoms. The molecule has 0 saturated heterocycles. The van der Waals surface area contributed by atoms with Gasteiger partial charge in [-0.3, -0.25) is 0 Å². The van der Waals surface area contributed by atoms with Crippen LogP contribution in [0.3, 0.4) is 0 Å². The van der Waals surface area contributed by atoms with Crippen molar-refractivity contribution in [1.29, 1.82) is 0 Å². The van der Waals surface area contributed by atoms with Crippen LogP contribution in [0.4, 0.5) is 5.69 Å². The molecule has 0 aliphatic carbocycles. The minimum Gasteiger partial charge on any atom is -0.456 e. The van der Waals surface area contributed by atoms with E-state index in [-0.39, 0.29) is 0 Å². The highest BCUT2D eigenvalue weighted by atomic mass is 32.2. The molecule has 0 radical (unpaired) electrons. The SMILES string of the molecule is O=S1(c2cccc(-c3ccc4c5ccccc5c5ccccc5c4c3)c2)=NC(c2cccc3oc4ccccc4c23)=Nc2ccccc21. The number of fused-ring (bicyclic) bond motifs is 10. The van der Waals surface area contributed by atoms with Crippen LogP contribution in [0.5, 0.6) is 0 Å². The average Bonchev–Trinajstić information content (AvgIpc) is 3.54. The molecule has 0 saturated carbocycles. The summed E-state index contributed by atoms with van der Waals surface area (Å²) in [5.41, 5.74) is 5.03. The van der Waals surface area contributed by atoms with E-state index in [2.05, 4.69) is 72.8 Å². The second kappa shape index (κ2) is 10.2. The van der Waals surface area contributed by atoms with Crippen LogP contribution < -0.4 is 0 Å². The van der Waals surface area contributed by atoms with Crippen molar-refractivity contribution in [1.82, 2.24) is 0 Å². The zero-order chi connectivity index (χ0) is 31.8. The normalized spacial score (nSPS) is 16.0. The molecule has 48 heavy (non-hydrogen) atoms. The van der Waals surface area contributed by atoms with Gasteiger partial charge >= 0.3 is 0 Å². The number of amidine groups is 1. The van der Waals surface area contributed by atoms with Gasteiger partial charge in [-0.2, -0.15) is 4.36 Å². The molecule has 4 nitrogen and oxygen atoms in total. The Bertz CT molecular complexity index is 2930. The highest BCUT2D eigenvalue weighted by Crippen LogP contribution is 2.41. The number of hydrogen-bond donors (Lipinski definition) is 0. The first-order valence-corrected chi connectivity index (χ1v) is 17.5. The molecule has 0 amide bonds. The van der Waals surface area contributed by atoms with Crippen LogP contribution in [0.2, 0.25) is 0 Å². The Hall–Kier alpha value is -6.04. The molecule has 8 aromatic carbocycles. The lowest BCUT2D eigenvalue weighted by Crippen LogP contribution is -2.12. The predicted octanol–water partition coefficient (Wildman–Crippen LogP) is 11.7. The van der Waals surface area contributed by atoms with Gasteiger partial charge in [0.25, 0.3) is 0 Å². The van der Waals surface area contributed by atoms with Gasteiger partial charge in [-0.05, 0) is 85.9 Å². The summed E-state index contributed by atoms with van der Waals surface area (Å²) >= 11 is 0. The molecule has 0 bridgehead atoms. The van der Waals surface area contributed by atoms with Crippen LogP contribution in [-0.4, -0.2) is 10.0 Å². The first-order chi connectivity index (χ1) is 23.7. The smallest absolute Gasteiger partial charge is 0.170 e. The molecule has 2 heterocycles. The molecular formula is C43H26N2O2S. The lowest BCUT2D eigenvalue weighted by Gasteiger charge is -2.19. The third-order valence-electron chi connectivity index (χ3n) is 9.48. The molecule has 1 atom stereocenters. The second-order valence-corrected chi connectivity index (χ2v) is 14.3. The van der Waals surface area contributed by atoms with Crippen LogP contribution in [0.15, 0.2) is 181 Å². The summed E-state index contributed by atoms with van der Waals surface area (Å²) in [6.45, 7) is 0. The first kappa shape index (κ1) is 27.1. The number of aliphatic imine (C=N–C) groups is 1. The van der Waals surface area contributed by atoms with E-state index in [0.29, 0.717) is 21.3 Å². The van der Waals surface area contributed by atoms with Crippen molar-refractivity contribution in [2.75, 3.05) is 0 Å². The van der Waals surface area contributed by atoms with E-state index >= 15 is 4.21 Å². The van der Waals surface area contributed by atoms with Crippen molar-refractivity contribution < 1.29 is 8.63 Å². The fraction of sp³-hybridized carbons (Fsp3) is 0. The average molecular weight is 635 g/mol. The highest BCUT2D eigenvalue weighted by molar-refractivity contribution is 7.94. The minimum absolute atomic E-state index is 0.435. The Kier molecular flexibility index (Phi) is 5.78. The number of nitrogens with zero attached hydrogens (tertiary/aromatic N) is 2. The summed E-state index contributed by atoms with van der Waals surface area (Å²) in [7, 11) is -3.10. The predicted molar refractivity (Wildman–Crippen MR) is 198 cm³/mol. The standard InChI is InChI=1S/C43H26N2O2S/c46-48(41-22-8-6-19-38(41)44-43(45-48)36-18-10-21-40-42(36)35-17-5-7-20-39(35)47-40)29-12-9-11-27(25-29)28-23-24-34-32-15-2-1-13-30(32)31-14-3-4-16-33(31)37(34)26-28/h1-26H. The quantitative estimate of drug-likeness (QED) is 0.182. The maximum atomic E-state index is 15.4. The van der Waals surface area contributed by atoms with Crippen molar-refractivity contribution in [2.45, 2.75) is 9.79 Å². The van der Waals surface area contributed by atoms with Crippen molar-refractivity contribution in [3.05, 3.63) is 163 Å². The minimum atomic E-state index is -3.10. The zero-order valence-corrected chi connectivity index (χ0v) is 26.4. The Morgan fingerprint density at radius 3 is 1.88 bits per heavy atom.